The molecule has 0 N–H and O–H groups in total. The predicted octanol–water partition coefficient (Wildman–Crippen LogP) is -0.822. The Bertz CT molecular complexity index is 8.00. The van der Waals surface area contributed by atoms with Crippen molar-refractivity contribution in [2.75, 3.05) is 7.11 Å². The minimum atomic E-state index is 0. The van der Waals surface area contributed by atoms with Gasteiger partial charge in [0.25, 0.3) is 8.05 Å². The molecule has 0 saturated carbocycles. The molecule has 1 nitrogen and oxygen atoms in total. The van der Waals surface area contributed by atoms with E-state index in [-0.39, 0.29) is 32.7 Å². The molecule has 0 aliphatic heterocycles. The van der Waals surface area contributed by atoms with Crippen LogP contribution in [0.3, 0.4) is 0 Å². The van der Waals surface area contributed by atoms with Gasteiger partial charge in [0.1, 0.15) is 0 Å². The summed E-state index contributed by atoms with van der Waals surface area (Å²) in [6, 6.07) is 0. The van der Waals surface area contributed by atoms with Gasteiger partial charge in [-0.3, -0.25) is 0 Å². The van der Waals surface area contributed by atoms with Crippen LogP contribution in [0.25, 0.3) is 0 Å². The van der Waals surface area contributed by atoms with E-state index in [1.165, 1.54) is 0 Å². The van der Waals surface area contributed by atoms with Crippen molar-refractivity contribution in [2.24, 2.45) is 0 Å². The Morgan fingerprint density at radius 2 is 1.75 bits per heavy atom. The smallest absolute Gasteiger partial charge is 0.256 e. The van der Waals surface area contributed by atoms with E-state index in [1.807, 2.05) is 0 Å². The molecule has 0 aliphatic rings. The van der Waals surface area contributed by atoms with E-state index in [4.69, 9.17) is 0 Å². The molecule has 0 rings (SSSR count). The van der Waals surface area contributed by atoms with Gasteiger partial charge >= 0.3 is 0 Å². The van der Waals surface area contributed by atoms with Gasteiger partial charge in [-0.2, -0.15) is 0 Å². The Hall–Kier alpha value is 1.13. The van der Waals surface area contributed by atoms with E-state index >= 15 is 0 Å². The summed E-state index contributed by atoms with van der Waals surface area (Å²) in [5, 5.41) is 0. The Kier molecular flexibility index (Phi) is 19.9. The van der Waals surface area contributed by atoms with Crippen molar-refractivity contribution in [3.63, 3.8) is 0 Å². The van der Waals surface area contributed by atoms with E-state index in [0.717, 1.165) is 0 Å². The maximum absolute atomic E-state index is 4.25. The second-order valence-electron chi connectivity index (χ2n) is 0.408. The quantitative estimate of drug-likeness (QED) is 0.392. The van der Waals surface area contributed by atoms with Gasteiger partial charge in [-0.25, -0.2) is 0 Å². The van der Waals surface area contributed by atoms with E-state index in [0.29, 0.717) is 0 Å². The number of hydrogen-bond acceptors (Lipinski definition) is 1. The van der Waals surface area contributed by atoms with Crippen LogP contribution in [0, 0.1) is 0 Å². The zero-order valence-corrected chi connectivity index (χ0v) is 5.82. The van der Waals surface area contributed by atoms with Crippen molar-refractivity contribution in [1.29, 1.82) is 0 Å². The van der Waals surface area contributed by atoms with Crippen LogP contribution in [0.4, 0.5) is 0 Å². The third-order valence-corrected chi connectivity index (χ3v) is 0. The minimum Gasteiger partial charge on any atom is -0.447 e. The van der Waals surface area contributed by atoms with Crippen LogP contribution in [0.1, 0.15) is 0 Å². The summed E-state index contributed by atoms with van der Waals surface area (Å²) in [5.74, 6) is 0. The number of rotatable bonds is 0. The molecule has 0 unspecified atom stereocenters. The zero-order valence-electron chi connectivity index (χ0n) is 2.99. The van der Waals surface area contributed by atoms with Gasteiger partial charge in [0.05, 0.1) is 0 Å². The summed E-state index contributed by atoms with van der Waals surface area (Å²) < 4.78 is 4.25. The van der Waals surface area contributed by atoms with Gasteiger partial charge in [-0.15, -0.1) is 0 Å². The monoisotopic (exact) mass is 133 g/mol. The van der Waals surface area contributed by atoms with Gasteiger partial charge in [0, 0.05) is 39.8 Å². The van der Waals surface area contributed by atoms with E-state index in [9.17, 15) is 0 Å². The molecule has 0 aliphatic carbocycles. The topological polar surface area (TPSA) is 9.23 Å². The van der Waals surface area contributed by atoms with Crippen LogP contribution in [0.5, 0.6) is 0 Å². The maximum atomic E-state index is 4.25. The van der Waals surface area contributed by atoms with Crippen molar-refractivity contribution in [2.45, 2.75) is 0 Å². The van der Waals surface area contributed by atoms with E-state index < -0.39 is 0 Å². The van der Waals surface area contributed by atoms with Gasteiger partial charge in [0.15, 0.2) is 0 Å². The summed E-state index contributed by atoms with van der Waals surface area (Å²) in [4.78, 5) is 0. The molecule has 0 aromatic heterocycles. The molecule has 0 bridgehead atoms. The summed E-state index contributed by atoms with van der Waals surface area (Å²) in [6.07, 6.45) is 0. The molecule has 0 saturated heterocycles. The fourth-order valence-electron chi connectivity index (χ4n) is 0. The molecule has 4 heavy (non-hydrogen) atoms. The van der Waals surface area contributed by atoms with Crippen molar-refractivity contribution >= 4 is 8.05 Å². The zero-order chi connectivity index (χ0) is 2.71. The Morgan fingerprint density at radius 3 is 1.75 bits per heavy atom. The van der Waals surface area contributed by atoms with Crippen molar-refractivity contribution < 1.29 is 37.4 Å². The largest absolute Gasteiger partial charge is 0.447 e. The van der Waals surface area contributed by atoms with Crippen LogP contribution in [-0.2, 0) is 37.4 Å². The first-order valence-electron chi connectivity index (χ1n) is 0.816. The molecule has 21 valence electrons. The third-order valence-electron chi connectivity index (χ3n) is 0. The van der Waals surface area contributed by atoms with Crippen molar-refractivity contribution in [1.82, 2.24) is 0 Å². The number of hydrogen-bond donors (Lipinski definition) is 0. The molecule has 0 heterocycles. The van der Waals surface area contributed by atoms with Crippen LogP contribution >= 0.6 is 0 Å². The summed E-state index contributed by atoms with van der Waals surface area (Å²) >= 11 is 0. The summed E-state index contributed by atoms with van der Waals surface area (Å²) in [7, 11) is 3.25. The van der Waals surface area contributed by atoms with Crippen LogP contribution in [0.2, 0.25) is 0 Å². The average molecular weight is 133 g/mol. The molecule has 0 aromatic carbocycles. The van der Waals surface area contributed by atoms with Crippen LogP contribution in [-0.4, -0.2) is 15.2 Å². The van der Waals surface area contributed by atoms with Gasteiger partial charge < -0.3 is 4.65 Å². The molecule has 0 fully saturated rings. The predicted molar refractivity (Wildman–Crippen MR) is 15.6 cm³/mol. The summed E-state index contributed by atoms with van der Waals surface area (Å²) in [6.45, 7) is 0. The second-order valence-corrected chi connectivity index (χ2v) is 0.408. The summed E-state index contributed by atoms with van der Waals surface area (Å²) in [5.41, 5.74) is 0. The SMILES string of the molecule is BOC.[Y]. The fourth-order valence-corrected chi connectivity index (χ4v) is 0. The van der Waals surface area contributed by atoms with Crippen LogP contribution in [0.15, 0.2) is 0 Å². The molecule has 0 aromatic rings. The first-order valence-corrected chi connectivity index (χ1v) is 0.816. The van der Waals surface area contributed by atoms with Gasteiger partial charge in [-0.1, -0.05) is 0 Å². The molecule has 3 heteroatoms. The minimum absolute atomic E-state index is 0. The maximum Gasteiger partial charge on any atom is 0.256 e. The normalized spacial score (nSPS) is 4.25. The Labute approximate surface area is 52.4 Å². The molecular weight excluding hydrogens is 128 g/mol. The molecule has 0 atom stereocenters. The van der Waals surface area contributed by atoms with Crippen molar-refractivity contribution in [3.05, 3.63) is 0 Å². The Morgan fingerprint density at radius 1 is 1.75 bits per heavy atom. The van der Waals surface area contributed by atoms with Crippen LogP contribution < -0.4 is 0 Å². The first-order chi connectivity index (χ1) is 1.41. The molecule has 0 amide bonds. The molecular formula is CH5BOY. The van der Waals surface area contributed by atoms with Gasteiger partial charge in [-0.05, 0) is 0 Å². The van der Waals surface area contributed by atoms with Gasteiger partial charge in [0.2, 0.25) is 0 Å². The average Bonchev–Trinajstić information content (AvgIpc) is 0.918. The molecule has 1 radical (unpaired) electrons. The second kappa shape index (κ2) is 8.92. The van der Waals surface area contributed by atoms with Crippen molar-refractivity contribution in [3.8, 4) is 0 Å². The van der Waals surface area contributed by atoms with E-state index in [1.54, 1.807) is 15.2 Å². The fraction of sp³-hybridized carbons (Fsp3) is 1.00. The third kappa shape index (κ3) is 11.1. The van der Waals surface area contributed by atoms with E-state index in [2.05, 4.69) is 4.65 Å². The molecule has 0 spiro atoms. The first kappa shape index (κ1) is 8.93. The Balaban J connectivity index is 0. The standard InChI is InChI=1S/CH5BO.Y/c1-3-2;/h2H2,1H3;.